The molecule has 0 aromatic carbocycles. The minimum atomic E-state index is -0.852. The number of aromatic nitrogens is 1. The van der Waals surface area contributed by atoms with Gasteiger partial charge in [0.25, 0.3) is 0 Å². The molecular weight excluding hydrogens is 154 g/mol. The van der Waals surface area contributed by atoms with Crippen molar-refractivity contribution < 1.29 is 9.90 Å². The number of nitrogens with zero attached hydrogens (tertiary/aromatic N) is 1. The largest absolute Gasteiger partial charge is 0.477 e. The van der Waals surface area contributed by atoms with Crippen molar-refractivity contribution in [2.45, 2.75) is 20.3 Å². The third kappa shape index (κ3) is 1.22. The molecule has 0 atom stereocenters. The first-order valence-electron chi connectivity index (χ1n) is 3.96. The van der Waals surface area contributed by atoms with E-state index in [1.807, 2.05) is 20.0 Å². The van der Waals surface area contributed by atoms with E-state index in [4.69, 9.17) is 5.11 Å². The molecule has 3 nitrogen and oxygen atoms in total. The highest BCUT2D eigenvalue weighted by Crippen LogP contribution is 2.15. The van der Waals surface area contributed by atoms with Gasteiger partial charge in [0, 0.05) is 13.2 Å². The molecule has 0 saturated heterocycles. The normalized spacial score (nSPS) is 10.2. The molecule has 0 fully saturated rings. The predicted octanol–water partition coefficient (Wildman–Crippen LogP) is 1.59. The van der Waals surface area contributed by atoms with Crippen LogP contribution in [0.2, 0.25) is 0 Å². The van der Waals surface area contributed by atoms with Crippen LogP contribution in [-0.2, 0) is 13.5 Å². The van der Waals surface area contributed by atoms with Gasteiger partial charge in [-0.3, -0.25) is 0 Å². The molecule has 0 bridgehead atoms. The maximum atomic E-state index is 10.8. The lowest BCUT2D eigenvalue weighted by molar-refractivity contribution is 0.0685. The molecule has 1 aromatic heterocycles. The van der Waals surface area contributed by atoms with Crippen LogP contribution >= 0.6 is 0 Å². The molecule has 1 heterocycles. The van der Waals surface area contributed by atoms with Gasteiger partial charge in [-0.25, -0.2) is 4.79 Å². The van der Waals surface area contributed by atoms with E-state index in [1.165, 1.54) is 0 Å². The highest BCUT2D eigenvalue weighted by Gasteiger charge is 2.14. The second-order valence-corrected chi connectivity index (χ2v) is 2.90. The zero-order valence-electron chi connectivity index (χ0n) is 7.59. The summed E-state index contributed by atoms with van der Waals surface area (Å²) in [4.78, 5) is 10.8. The summed E-state index contributed by atoms with van der Waals surface area (Å²) in [6, 6.07) is 0. The van der Waals surface area contributed by atoms with Crippen LogP contribution in [0.25, 0.3) is 0 Å². The summed E-state index contributed by atoms with van der Waals surface area (Å²) < 4.78 is 1.66. The lowest BCUT2D eigenvalue weighted by atomic mass is 10.1. The Hall–Kier alpha value is -1.25. The molecular formula is C9H13NO2. The molecule has 0 radical (unpaired) electrons. The van der Waals surface area contributed by atoms with Gasteiger partial charge in [-0.05, 0) is 24.5 Å². The Morgan fingerprint density at radius 3 is 2.50 bits per heavy atom. The fourth-order valence-corrected chi connectivity index (χ4v) is 1.48. The minimum Gasteiger partial charge on any atom is -0.477 e. The maximum absolute atomic E-state index is 10.8. The summed E-state index contributed by atoms with van der Waals surface area (Å²) >= 11 is 0. The topological polar surface area (TPSA) is 42.2 Å². The monoisotopic (exact) mass is 167 g/mol. The van der Waals surface area contributed by atoms with Crippen LogP contribution in [0.4, 0.5) is 0 Å². The van der Waals surface area contributed by atoms with Crippen molar-refractivity contribution in [1.82, 2.24) is 4.57 Å². The first-order chi connectivity index (χ1) is 5.57. The second kappa shape index (κ2) is 3.01. The number of hydrogen-bond acceptors (Lipinski definition) is 1. The molecule has 1 N–H and O–H groups in total. The Labute approximate surface area is 71.6 Å². The summed E-state index contributed by atoms with van der Waals surface area (Å²) in [7, 11) is 1.76. The molecule has 66 valence electrons. The first kappa shape index (κ1) is 8.84. The molecule has 12 heavy (non-hydrogen) atoms. The molecule has 3 heteroatoms. The van der Waals surface area contributed by atoms with Crippen LogP contribution < -0.4 is 0 Å². The Kier molecular flexibility index (Phi) is 2.22. The van der Waals surface area contributed by atoms with Gasteiger partial charge in [-0.15, -0.1) is 0 Å². The van der Waals surface area contributed by atoms with Gasteiger partial charge < -0.3 is 9.67 Å². The van der Waals surface area contributed by atoms with E-state index >= 15 is 0 Å². The third-order valence-electron chi connectivity index (χ3n) is 2.12. The highest BCUT2D eigenvalue weighted by molar-refractivity contribution is 5.88. The average Bonchev–Trinajstić information content (AvgIpc) is 2.25. The quantitative estimate of drug-likeness (QED) is 0.726. The number of carbonyl (C=O) groups is 1. The van der Waals surface area contributed by atoms with Crippen molar-refractivity contribution >= 4 is 5.97 Å². The van der Waals surface area contributed by atoms with E-state index in [0.29, 0.717) is 5.69 Å². The summed E-state index contributed by atoms with van der Waals surface area (Å²) in [6.45, 7) is 3.87. The van der Waals surface area contributed by atoms with Gasteiger partial charge in [0.2, 0.25) is 0 Å². The molecule has 0 spiro atoms. The zero-order chi connectivity index (χ0) is 9.30. The van der Waals surface area contributed by atoms with Gasteiger partial charge in [0.05, 0.1) is 0 Å². The number of carboxylic acid groups (broad SMARTS) is 1. The van der Waals surface area contributed by atoms with Gasteiger partial charge in [0.15, 0.2) is 0 Å². The zero-order valence-corrected chi connectivity index (χ0v) is 7.59. The smallest absolute Gasteiger partial charge is 0.352 e. The minimum absolute atomic E-state index is 0.395. The molecule has 0 unspecified atom stereocenters. The number of hydrogen-bond donors (Lipinski definition) is 1. The van der Waals surface area contributed by atoms with E-state index in [9.17, 15) is 4.79 Å². The van der Waals surface area contributed by atoms with Crippen molar-refractivity contribution in [2.75, 3.05) is 0 Å². The predicted molar refractivity (Wildman–Crippen MR) is 46.5 cm³/mol. The highest BCUT2D eigenvalue weighted by atomic mass is 16.4. The van der Waals surface area contributed by atoms with E-state index in [0.717, 1.165) is 17.5 Å². The number of aromatic carboxylic acids is 1. The van der Waals surface area contributed by atoms with Gasteiger partial charge >= 0.3 is 5.97 Å². The van der Waals surface area contributed by atoms with Crippen LogP contribution in [0.5, 0.6) is 0 Å². The fourth-order valence-electron chi connectivity index (χ4n) is 1.48. The van der Waals surface area contributed by atoms with Crippen LogP contribution in [0.3, 0.4) is 0 Å². The van der Waals surface area contributed by atoms with E-state index < -0.39 is 5.97 Å². The standard InChI is InChI=1S/C9H13NO2/c1-4-7-5-10(3)8(6(7)2)9(11)12/h5H,4H2,1-3H3,(H,11,12). The molecule has 0 saturated carbocycles. The number of aryl methyl sites for hydroxylation is 2. The molecule has 1 rings (SSSR count). The average molecular weight is 167 g/mol. The van der Waals surface area contributed by atoms with Crippen LogP contribution in [-0.4, -0.2) is 15.6 Å². The Morgan fingerprint density at radius 1 is 1.67 bits per heavy atom. The Balaban J connectivity index is 3.28. The molecule has 1 aromatic rings. The fraction of sp³-hybridized carbons (Fsp3) is 0.444. The van der Waals surface area contributed by atoms with E-state index in [1.54, 1.807) is 11.6 Å². The van der Waals surface area contributed by atoms with Crippen LogP contribution in [0, 0.1) is 6.92 Å². The van der Waals surface area contributed by atoms with Crippen molar-refractivity contribution in [2.24, 2.45) is 7.05 Å². The molecule has 0 aliphatic heterocycles. The SMILES string of the molecule is CCc1cn(C)c(C(=O)O)c1C. The Bertz CT molecular complexity index is 313. The summed E-state index contributed by atoms with van der Waals surface area (Å²) in [5.74, 6) is -0.852. The molecule has 0 amide bonds. The molecule has 0 aliphatic rings. The summed E-state index contributed by atoms with van der Waals surface area (Å²) in [5, 5.41) is 8.83. The second-order valence-electron chi connectivity index (χ2n) is 2.90. The maximum Gasteiger partial charge on any atom is 0.352 e. The Morgan fingerprint density at radius 2 is 2.25 bits per heavy atom. The van der Waals surface area contributed by atoms with Crippen molar-refractivity contribution in [3.05, 3.63) is 23.0 Å². The van der Waals surface area contributed by atoms with Gasteiger partial charge in [-0.2, -0.15) is 0 Å². The van der Waals surface area contributed by atoms with Gasteiger partial charge in [-0.1, -0.05) is 6.92 Å². The number of rotatable bonds is 2. The van der Waals surface area contributed by atoms with Crippen LogP contribution in [0.1, 0.15) is 28.5 Å². The lowest BCUT2D eigenvalue weighted by Crippen LogP contribution is -2.05. The van der Waals surface area contributed by atoms with Gasteiger partial charge in [0.1, 0.15) is 5.69 Å². The van der Waals surface area contributed by atoms with E-state index in [2.05, 4.69) is 0 Å². The first-order valence-corrected chi connectivity index (χ1v) is 3.96. The van der Waals surface area contributed by atoms with Crippen LogP contribution in [0.15, 0.2) is 6.20 Å². The third-order valence-corrected chi connectivity index (χ3v) is 2.12. The lowest BCUT2D eigenvalue weighted by Gasteiger charge is -1.97. The number of carboxylic acids is 1. The molecule has 0 aliphatic carbocycles. The summed E-state index contributed by atoms with van der Waals surface area (Å²) in [5.41, 5.74) is 2.38. The van der Waals surface area contributed by atoms with E-state index in [-0.39, 0.29) is 0 Å². The van der Waals surface area contributed by atoms with Crippen molar-refractivity contribution in [3.63, 3.8) is 0 Å². The van der Waals surface area contributed by atoms with Crippen molar-refractivity contribution in [1.29, 1.82) is 0 Å². The summed E-state index contributed by atoms with van der Waals surface area (Å²) in [6.07, 6.45) is 2.76. The van der Waals surface area contributed by atoms with Crippen molar-refractivity contribution in [3.8, 4) is 0 Å².